The van der Waals surface area contributed by atoms with Crippen molar-refractivity contribution in [1.29, 1.82) is 0 Å². The van der Waals surface area contributed by atoms with Gasteiger partial charge in [0.05, 0.1) is 12.1 Å². The summed E-state index contributed by atoms with van der Waals surface area (Å²) < 4.78 is 5.13. The second-order valence-corrected chi connectivity index (χ2v) is 7.02. The number of carbonyl (C=O) groups is 1. The number of pyridine rings is 1. The molecule has 0 saturated carbocycles. The van der Waals surface area contributed by atoms with Crippen molar-refractivity contribution in [2.75, 3.05) is 16.8 Å². The number of nitrogens with zero attached hydrogens (tertiary/aromatic N) is 4. The minimum absolute atomic E-state index is 0.113. The number of amides is 1. The third-order valence-electron chi connectivity index (χ3n) is 4.98. The molecule has 9 nitrogen and oxygen atoms in total. The van der Waals surface area contributed by atoms with Crippen LogP contribution in [0.15, 0.2) is 35.1 Å². The van der Waals surface area contributed by atoms with Gasteiger partial charge in [0.1, 0.15) is 12.4 Å². The molecule has 2 atom stereocenters. The lowest BCUT2D eigenvalue weighted by atomic mass is 10.1. The fraction of sp³-hybridized carbons (Fsp3) is 0.350. The average molecular weight is 394 g/mol. The predicted octanol–water partition coefficient (Wildman–Crippen LogP) is 2.93. The van der Waals surface area contributed by atoms with Crippen molar-refractivity contribution >= 4 is 28.9 Å². The van der Waals surface area contributed by atoms with Crippen molar-refractivity contribution in [2.45, 2.75) is 39.3 Å². The predicted molar refractivity (Wildman–Crippen MR) is 109 cm³/mol. The number of fused-ring (bicyclic) bond motifs is 1. The minimum Gasteiger partial charge on any atom is -0.447 e. The molecule has 1 fully saturated rings. The van der Waals surface area contributed by atoms with E-state index in [9.17, 15) is 9.59 Å². The monoisotopic (exact) mass is 394 g/mol. The van der Waals surface area contributed by atoms with Gasteiger partial charge in [0, 0.05) is 11.1 Å². The van der Waals surface area contributed by atoms with Crippen molar-refractivity contribution in [2.24, 2.45) is 0 Å². The molecule has 1 aliphatic heterocycles. The maximum Gasteiger partial charge on any atom is 0.417 e. The Morgan fingerprint density at radius 3 is 2.86 bits per heavy atom. The lowest BCUT2D eigenvalue weighted by Crippen LogP contribution is -2.35. The molecule has 29 heavy (non-hydrogen) atoms. The van der Waals surface area contributed by atoms with E-state index >= 15 is 0 Å². The Morgan fingerprint density at radius 1 is 1.28 bits per heavy atom. The van der Waals surface area contributed by atoms with Crippen molar-refractivity contribution in [3.05, 3.63) is 52.1 Å². The van der Waals surface area contributed by atoms with E-state index in [0.717, 1.165) is 17.3 Å². The summed E-state index contributed by atoms with van der Waals surface area (Å²) in [4.78, 5) is 42.0. The Hall–Kier alpha value is -3.49. The van der Waals surface area contributed by atoms with Gasteiger partial charge in [0.2, 0.25) is 11.9 Å². The number of anilines is 2. The normalized spacial score (nSPS) is 17.4. The van der Waals surface area contributed by atoms with Crippen LogP contribution in [0.2, 0.25) is 0 Å². The van der Waals surface area contributed by atoms with E-state index in [1.807, 2.05) is 44.2 Å². The summed E-state index contributed by atoms with van der Waals surface area (Å²) in [7, 11) is 0. The van der Waals surface area contributed by atoms with Gasteiger partial charge in [-0.3, -0.25) is 4.79 Å². The van der Waals surface area contributed by atoms with Crippen LogP contribution in [0.25, 0.3) is 10.9 Å². The summed E-state index contributed by atoms with van der Waals surface area (Å²) in [5.74, 6) is 1.00. The second kappa shape index (κ2) is 7.50. The van der Waals surface area contributed by atoms with Gasteiger partial charge in [-0.1, -0.05) is 25.1 Å². The molecule has 0 radical (unpaired) electrons. The van der Waals surface area contributed by atoms with Crippen LogP contribution in [0.4, 0.5) is 16.7 Å². The van der Waals surface area contributed by atoms with Gasteiger partial charge in [-0.15, -0.1) is 0 Å². The Kier molecular flexibility index (Phi) is 4.87. The summed E-state index contributed by atoms with van der Waals surface area (Å²) in [5, 5.41) is 4.09. The maximum atomic E-state index is 12.5. The first-order valence-electron chi connectivity index (χ1n) is 9.53. The molecule has 9 heteroatoms. The number of carbonyl (C=O) groups excluding carboxylic acids is 1. The highest BCUT2D eigenvalue weighted by atomic mass is 16.6. The van der Waals surface area contributed by atoms with Crippen LogP contribution < -0.4 is 15.8 Å². The Labute approximate surface area is 167 Å². The summed E-state index contributed by atoms with van der Waals surface area (Å²) in [6.07, 6.45) is 0.259. The molecule has 0 aliphatic carbocycles. The number of cyclic esters (lactones) is 1. The molecule has 150 valence electrons. The number of para-hydroxylation sites is 1. The smallest absolute Gasteiger partial charge is 0.417 e. The highest BCUT2D eigenvalue weighted by Gasteiger charge is 2.35. The fourth-order valence-electron chi connectivity index (χ4n) is 3.40. The van der Waals surface area contributed by atoms with Crippen LogP contribution in [0.3, 0.4) is 0 Å². The van der Waals surface area contributed by atoms with Gasteiger partial charge in [0.15, 0.2) is 0 Å². The van der Waals surface area contributed by atoms with E-state index in [2.05, 4.69) is 25.3 Å². The number of H-pyrrole nitrogens is 1. The summed E-state index contributed by atoms with van der Waals surface area (Å²) in [6, 6.07) is 8.98. The van der Waals surface area contributed by atoms with Crippen molar-refractivity contribution < 1.29 is 9.53 Å². The van der Waals surface area contributed by atoms with Crippen molar-refractivity contribution in [3.8, 4) is 0 Å². The first-order valence-corrected chi connectivity index (χ1v) is 9.53. The van der Waals surface area contributed by atoms with Crippen molar-refractivity contribution in [3.63, 3.8) is 0 Å². The number of hydrogen-bond donors (Lipinski definition) is 2. The zero-order valence-corrected chi connectivity index (χ0v) is 16.5. The second-order valence-electron chi connectivity index (χ2n) is 7.02. The molecule has 2 aromatic heterocycles. The maximum absolute atomic E-state index is 12.5. The van der Waals surface area contributed by atoms with Crippen LogP contribution in [-0.2, 0) is 4.74 Å². The van der Waals surface area contributed by atoms with Gasteiger partial charge < -0.3 is 15.0 Å². The molecule has 4 rings (SSSR count). The van der Waals surface area contributed by atoms with Crippen LogP contribution in [0, 0.1) is 6.92 Å². The Morgan fingerprint density at radius 2 is 2.07 bits per heavy atom. The molecule has 3 heterocycles. The first kappa shape index (κ1) is 18.9. The van der Waals surface area contributed by atoms with Gasteiger partial charge in [-0.25, -0.2) is 9.69 Å². The van der Waals surface area contributed by atoms with E-state index in [1.165, 1.54) is 4.90 Å². The summed E-state index contributed by atoms with van der Waals surface area (Å²) >= 11 is 0. The molecular weight excluding hydrogens is 372 g/mol. The third-order valence-corrected chi connectivity index (χ3v) is 4.98. The molecule has 0 bridgehead atoms. The van der Waals surface area contributed by atoms with Crippen LogP contribution >= 0.6 is 0 Å². The molecular formula is C20H22N6O3. The van der Waals surface area contributed by atoms with E-state index in [0.29, 0.717) is 23.9 Å². The largest absolute Gasteiger partial charge is 0.447 e. The number of aryl methyl sites for hydroxylation is 1. The number of rotatable bonds is 5. The van der Waals surface area contributed by atoms with Gasteiger partial charge >= 0.3 is 6.09 Å². The molecule has 1 amide bonds. The van der Waals surface area contributed by atoms with E-state index in [4.69, 9.17) is 4.74 Å². The summed E-state index contributed by atoms with van der Waals surface area (Å²) in [6.45, 7) is 5.87. The molecule has 0 spiro atoms. The molecule has 1 saturated heterocycles. The average Bonchev–Trinajstić information content (AvgIpc) is 3.07. The van der Waals surface area contributed by atoms with E-state index in [-0.39, 0.29) is 23.6 Å². The van der Waals surface area contributed by atoms with Crippen LogP contribution in [0.5, 0.6) is 0 Å². The number of aromatic nitrogens is 4. The highest BCUT2D eigenvalue weighted by molar-refractivity contribution is 5.88. The van der Waals surface area contributed by atoms with Crippen LogP contribution in [0.1, 0.15) is 37.7 Å². The molecule has 1 aliphatic rings. The molecule has 1 unspecified atom stereocenters. The zero-order chi connectivity index (χ0) is 20.5. The third kappa shape index (κ3) is 3.63. The quantitative estimate of drug-likeness (QED) is 0.684. The Bertz CT molecular complexity index is 1130. The zero-order valence-electron chi connectivity index (χ0n) is 16.5. The summed E-state index contributed by atoms with van der Waals surface area (Å²) in [5.41, 5.74) is 1.17. The number of benzene rings is 1. The minimum atomic E-state index is -0.465. The lowest BCUT2D eigenvalue weighted by Gasteiger charge is -2.20. The Balaban J connectivity index is 1.64. The number of nitrogens with one attached hydrogen (secondary N) is 2. The topological polar surface area (TPSA) is 113 Å². The molecule has 2 N–H and O–H groups in total. The lowest BCUT2D eigenvalue weighted by molar-refractivity contribution is 0.178. The molecule has 1 aromatic carbocycles. The fourth-order valence-corrected chi connectivity index (χ4v) is 3.40. The van der Waals surface area contributed by atoms with Crippen molar-refractivity contribution in [1.82, 2.24) is 19.9 Å². The van der Waals surface area contributed by atoms with Gasteiger partial charge in [-0.05, 0) is 37.8 Å². The number of aromatic amines is 1. The SMILES string of the molecule is CC[C@H]1COC(=O)N1c1nc(C)nc(NC(C)c2cc3ccccc3[nH]c2=O)n1. The van der Waals surface area contributed by atoms with E-state index < -0.39 is 6.09 Å². The van der Waals surface area contributed by atoms with Gasteiger partial charge in [-0.2, -0.15) is 15.0 Å². The number of hydrogen-bond acceptors (Lipinski definition) is 7. The molecule has 3 aromatic rings. The van der Waals surface area contributed by atoms with E-state index in [1.54, 1.807) is 6.92 Å². The standard InChI is InChI=1S/C20H22N6O3/c1-4-14-10-29-20(28)26(14)19-23-12(3)22-18(25-19)21-11(2)15-9-13-7-5-6-8-16(13)24-17(15)27/h5-9,11,14H,4,10H2,1-3H3,(H,24,27)(H,21,22,23,25)/t11?,14-/m0/s1. The van der Waals surface area contributed by atoms with Crippen LogP contribution in [-0.4, -0.2) is 38.7 Å². The van der Waals surface area contributed by atoms with Gasteiger partial charge in [0.25, 0.3) is 5.56 Å². The number of ether oxygens (including phenoxy) is 1. The first-order chi connectivity index (χ1) is 14.0. The highest BCUT2D eigenvalue weighted by Crippen LogP contribution is 2.23.